The molecule has 2 amide bonds. The standard InChI is InChI=1S/C21H29N3O6/c1-3-30-21(29)18(11-12-23(14-25)16-8-5-4-6-9-16)24(19(26)15(2)22)13-7-10-17(24)20(27)28/h4-6,8-9,14-15,17-18H,3,7,10-13,22H2,1-2H3/p+1/t15-,17-,18?,24?/m0/s1. The number of hydrogen-bond acceptors (Lipinski definition) is 6. The number of para-hydroxylation sites is 1. The van der Waals surface area contributed by atoms with Crippen molar-refractivity contribution in [2.45, 2.75) is 51.2 Å². The van der Waals surface area contributed by atoms with E-state index in [1.165, 1.54) is 11.8 Å². The summed E-state index contributed by atoms with van der Waals surface area (Å²) in [5.74, 6) is -2.31. The van der Waals surface area contributed by atoms with Gasteiger partial charge in [-0.05, 0) is 26.0 Å². The molecule has 1 heterocycles. The minimum atomic E-state index is -1.15. The fourth-order valence-corrected chi connectivity index (χ4v) is 4.32. The van der Waals surface area contributed by atoms with Gasteiger partial charge >= 0.3 is 17.8 Å². The number of likely N-dealkylation sites (tertiary alicyclic amines) is 1. The molecule has 164 valence electrons. The molecule has 1 saturated heterocycles. The third-order valence-corrected chi connectivity index (χ3v) is 5.62. The first-order valence-electron chi connectivity index (χ1n) is 10.1. The summed E-state index contributed by atoms with van der Waals surface area (Å²) in [4.78, 5) is 51.2. The van der Waals surface area contributed by atoms with Gasteiger partial charge in [0.05, 0.1) is 13.2 Å². The molecule has 0 radical (unpaired) electrons. The maximum Gasteiger partial charge on any atom is 0.365 e. The van der Waals surface area contributed by atoms with Crippen molar-refractivity contribution in [3.05, 3.63) is 30.3 Å². The zero-order valence-electron chi connectivity index (χ0n) is 17.4. The lowest BCUT2D eigenvalue weighted by Crippen LogP contribution is -2.69. The van der Waals surface area contributed by atoms with Gasteiger partial charge in [-0.1, -0.05) is 18.2 Å². The van der Waals surface area contributed by atoms with Crippen molar-refractivity contribution < 1.29 is 33.5 Å². The average Bonchev–Trinajstić information content (AvgIpc) is 3.17. The molecule has 0 aliphatic carbocycles. The molecular weight excluding hydrogens is 390 g/mol. The van der Waals surface area contributed by atoms with Crippen LogP contribution < -0.4 is 10.6 Å². The van der Waals surface area contributed by atoms with E-state index in [1.807, 2.05) is 6.07 Å². The van der Waals surface area contributed by atoms with Gasteiger partial charge in [0, 0.05) is 31.5 Å². The van der Waals surface area contributed by atoms with Gasteiger partial charge < -0.3 is 20.5 Å². The molecule has 0 aromatic heterocycles. The second-order valence-corrected chi connectivity index (χ2v) is 7.47. The molecule has 9 nitrogen and oxygen atoms in total. The molecule has 0 bridgehead atoms. The monoisotopic (exact) mass is 420 g/mol. The van der Waals surface area contributed by atoms with Crippen molar-refractivity contribution in [2.24, 2.45) is 5.73 Å². The van der Waals surface area contributed by atoms with E-state index in [0.717, 1.165) is 0 Å². The molecule has 1 fully saturated rings. The number of carbonyl (C=O) groups is 4. The molecule has 0 saturated carbocycles. The fourth-order valence-electron chi connectivity index (χ4n) is 4.32. The first-order valence-corrected chi connectivity index (χ1v) is 10.1. The number of benzene rings is 1. The molecule has 1 aromatic carbocycles. The number of carbonyl (C=O) groups excluding carboxylic acids is 3. The number of anilines is 1. The smallest absolute Gasteiger partial charge is 0.365 e. The summed E-state index contributed by atoms with van der Waals surface area (Å²) in [6.45, 7) is 3.54. The highest BCUT2D eigenvalue weighted by molar-refractivity contribution is 5.85. The molecular formula is C21H30N3O6+. The summed E-state index contributed by atoms with van der Waals surface area (Å²) < 4.78 is 4.65. The topological polar surface area (TPSA) is 127 Å². The van der Waals surface area contributed by atoms with Crippen LogP contribution in [0.15, 0.2) is 30.3 Å². The SMILES string of the molecule is CCOC(=O)C(CCN(C=O)c1ccccc1)[N+]1(C(=O)[C@H](C)N)CCC[C@H]1C(=O)O. The molecule has 9 heteroatoms. The summed E-state index contributed by atoms with van der Waals surface area (Å²) >= 11 is 0. The largest absolute Gasteiger partial charge is 0.477 e. The number of carboxylic acid groups (broad SMARTS) is 1. The van der Waals surface area contributed by atoms with E-state index in [4.69, 9.17) is 10.5 Å². The predicted octanol–water partition coefficient (Wildman–Crippen LogP) is 0.909. The summed E-state index contributed by atoms with van der Waals surface area (Å²) in [6.07, 6.45) is 1.45. The number of amides is 2. The fraction of sp³-hybridized carbons (Fsp3) is 0.524. The van der Waals surface area contributed by atoms with Crippen LogP contribution in [0, 0.1) is 0 Å². The Morgan fingerprint density at radius 2 is 2.00 bits per heavy atom. The van der Waals surface area contributed by atoms with Crippen LogP contribution in [0.25, 0.3) is 0 Å². The molecule has 4 atom stereocenters. The van der Waals surface area contributed by atoms with Gasteiger partial charge in [0.1, 0.15) is 6.04 Å². The first kappa shape index (κ1) is 23.5. The van der Waals surface area contributed by atoms with E-state index in [1.54, 1.807) is 31.2 Å². The number of hydrogen-bond donors (Lipinski definition) is 2. The van der Waals surface area contributed by atoms with E-state index in [0.29, 0.717) is 18.5 Å². The molecule has 30 heavy (non-hydrogen) atoms. The maximum atomic E-state index is 13.2. The van der Waals surface area contributed by atoms with Crippen LogP contribution in [0.1, 0.15) is 33.1 Å². The first-order chi connectivity index (χ1) is 14.3. The summed E-state index contributed by atoms with van der Waals surface area (Å²) in [5, 5.41) is 9.81. The highest BCUT2D eigenvalue weighted by Gasteiger charge is 2.59. The van der Waals surface area contributed by atoms with Gasteiger partial charge in [-0.2, -0.15) is 0 Å². The Morgan fingerprint density at radius 1 is 1.33 bits per heavy atom. The predicted molar refractivity (Wildman–Crippen MR) is 109 cm³/mol. The van der Waals surface area contributed by atoms with Gasteiger partial charge in [0.25, 0.3) is 0 Å². The van der Waals surface area contributed by atoms with Crippen molar-refractivity contribution in [1.29, 1.82) is 0 Å². The van der Waals surface area contributed by atoms with Crippen molar-refractivity contribution in [3.8, 4) is 0 Å². The summed E-state index contributed by atoms with van der Waals surface area (Å²) in [7, 11) is 0. The van der Waals surface area contributed by atoms with Crippen molar-refractivity contribution in [1.82, 2.24) is 0 Å². The Hall–Kier alpha value is -2.78. The number of aliphatic carboxylic acids is 1. The summed E-state index contributed by atoms with van der Waals surface area (Å²) in [6, 6.07) is 5.78. The molecule has 1 aromatic rings. The second-order valence-electron chi connectivity index (χ2n) is 7.47. The Bertz CT molecular complexity index is 769. The number of ether oxygens (including phenoxy) is 1. The number of rotatable bonds is 10. The van der Waals surface area contributed by atoms with Crippen LogP contribution >= 0.6 is 0 Å². The van der Waals surface area contributed by atoms with Crippen LogP contribution in [0.5, 0.6) is 0 Å². The lowest BCUT2D eigenvalue weighted by atomic mass is 10.0. The Kier molecular flexibility index (Phi) is 8.08. The molecule has 3 N–H and O–H groups in total. The van der Waals surface area contributed by atoms with Crippen LogP contribution in [0.4, 0.5) is 5.69 Å². The van der Waals surface area contributed by atoms with Crippen LogP contribution in [-0.2, 0) is 23.9 Å². The van der Waals surface area contributed by atoms with Gasteiger partial charge in [-0.3, -0.25) is 4.79 Å². The van der Waals surface area contributed by atoms with Crippen molar-refractivity contribution in [3.63, 3.8) is 0 Å². The van der Waals surface area contributed by atoms with E-state index in [9.17, 15) is 24.3 Å². The molecule has 2 rings (SSSR count). The lowest BCUT2D eigenvalue weighted by Gasteiger charge is -2.42. The van der Waals surface area contributed by atoms with Gasteiger partial charge in [-0.25, -0.2) is 18.9 Å². The van der Waals surface area contributed by atoms with Crippen molar-refractivity contribution in [2.75, 3.05) is 24.6 Å². The van der Waals surface area contributed by atoms with Gasteiger partial charge in [-0.15, -0.1) is 0 Å². The molecule has 0 spiro atoms. The quantitative estimate of drug-likeness (QED) is 0.327. The van der Waals surface area contributed by atoms with Crippen LogP contribution in [0.2, 0.25) is 0 Å². The lowest BCUT2D eigenvalue weighted by molar-refractivity contribution is -0.875. The highest BCUT2D eigenvalue weighted by atomic mass is 16.5. The van der Waals surface area contributed by atoms with Crippen LogP contribution in [0.3, 0.4) is 0 Å². The van der Waals surface area contributed by atoms with Gasteiger partial charge in [0.15, 0.2) is 12.1 Å². The van der Waals surface area contributed by atoms with E-state index in [-0.39, 0.29) is 32.5 Å². The number of nitrogens with two attached hydrogens (primary N) is 1. The third kappa shape index (κ3) is 4.68. The minimum Gasteiger partial charge on any atom is -0.477 e. The number of nitrogens with zero attached hydrogens (tertiary/aromatic N) is 2. The van der Waals surface area contributed by atoms with E-state index in [2.05, 4.69) is 0 Å². The van der Waals surface area contributed by atoms with E-state index < -0.39 is 40.5 Å². The third-order valence-electron chi connectivity index (χ3n) is 5.62. The highest BCUT2D eigenvalue weighted by Crippen LogP contribution is 2.34. The Balaban J connectivity index is 2.44. The number of quaternary nitrogens is 1. The molecule has 2 unspecified atom stereocenters. The maximum absolute atomic E-state index is 13.2. The zero-order chi connectivity index (χ0) is 22.3. The molecule has 1 aliphatic rings. The average molecular weight is 420 g/mol. The number of carboxylic acids is 1. The minimum absolute atomic E-state index is 0.0642. The normalized spacial score (nSPS) is 22.7. The molecule has 1 aliphatic heterocycles. The second kappa shape index (κ2) is 10.3. The Morgan fingerprint density at radius 3 is 2.53 bits per heavy atom. The van der Waals surface area contributed by atoms with Crippen LogP contribution in [-0.4, -0.2) is 71.7 Å². The Labute approximate surface area is 176 Å². The number of esters is 1. The summed E-state index contributed by atoms with van der Waals surface area (Å²) in [5.41, 5.74) is 6.51. The van der Waals surface area contributed by atoms with E-state index >= 15 is 0 Å². The zero-order valence-corrected chi connectivity index (χ0v) is 17.4. The van der Waals surface area contributed by atoms with Crippen molar-refractivity contribution >= 4 is 29.9 Å². The van der Waals surface area contributed by atoms with Gasteiger partial charge in [0.2, 0.25) is 6.41 Å².